The number of carbonyl (C=O) groups excluding carboxylic acids is 1. The molecule has 2 bridgehead atoms. The lowest BCUT2D eigenvalue weighted by molar-refractivity contribution is -0.0265. The number of likely N-dealkylation sites (tertiary alicyclic amines) is 1. The van der Waals surface area contributed by atoms with Crippen LogP contribution in [0.4, 0.5) is 4.39 Å². The number of H-pyrrole nitrogens is 1. The molecule has 0 radical (unpaired) electrons. The standard InChI is InChI=1S/C24H25FN2O2/c1-23(2)21-12-16-18(5-4-6-20(16)28)24(23,3)9-10-27(21)22(29)17-13-26-19-8-7-14(25)11-15(17)19/h4-8,11,13,21,26,28H,9-10,12H2,1-3H3/t21-,24-/m0/s1. The van der Waals surface area contributed by atoms with Gasteiger partial charge in [0, 0.05) is 35.1 Å². The number of fused-ring (bicyclic) bond motifs is 5. The van der Waals surface area contributed by atoms with Crippen LogP contribution < -0.4 is 0 Å². The SMILES string of the molecule is CC1(C)[C@@H]2Cc3c(O)cccc3[C@]1(C)CCN2C(=O)c1c[nH]c2ccc(F)cc12. The largest absolute Gasteiger partial charge is 0.508 e. The molecule has 150 valence electrons. The third-order valence-corrected chi connectivity index (χ3v) is 7.76. The number of nitrogens with one attached hydrogen (secondary N) is 1. The molecule has 1 saturated heterocycles. The normalized spacial score (nSPS) is 25.1. The molecule has 2 N–H and O–H groups in total. The number of phenols is 1. The summed E-state index contributed by atoms with van der Waals surface area (Å²) in [5.41, 5.74) is 3.10. The molecule has 0 saturated carbocycles. The van der Waals surface area contributed by atoms with Gasteiger partial charge in [0.25, 0.3) is 5.91 Å². The van der Waals surface area contributed by atoms with Crippen molar-refractivity contribution >= 4 is 16.8 Å². The molecule has 1 fully saturated rings. The highest BCUT2D eigenvalue weighted by molar-refractivity contribution is 6.07. The lowest BCUT2D eigenvalue weighted by Crippen LogP contribution is -2.64. The lowest BCUT2D eigenvalue weighted by Gasteiger charge is -2.60. The van der Waals surface area contributed by atoms with E-state index in [9.17, 15) is 14.3 Å². The molecule has 3 aromatic rings. The van der Waals surface area contributed by atoms with E-state index >= 15 is 0 Å². The van der Waals surface area contributed by atoms with Gasteiger partial charge in [-0.15, -0.1) is 0 Å². The van der Waals surface area contributed by atoms with Crippen molar-refractivity contribution in [3.05, 3.63) is 65.1 Å². The third-order valence-electron chi connectivity index (χ3n) is 7.76. The van der Waals surface area contributed by atoms with Gasteiger partial charge in [0.1, 0.15) is 11.6 Å². The number of rotatable bonds is 1. The second-order valence-corrected chi connectivity index (χ2v) is 9.22. The van der Waals surface area contributed by atoms with E-state index in [1.54, 1.807) is 18.3 Å². The van der Waals surface area contributed by atoms with Gasteiger partial charge in [-0.3, -0.25) is 4.79 Å². The summed E-state index contributed by atoms with van der Waals surface area (Å²) in [6.07, 6.45) is 3.12. The van der Waals surface area contributed by atoms with E-state index in [1.165, 1.54) is 17.7 Å². The number of phenolic OH excluding ortho intramolecular Hbond substituents is 1. The van der Waals surface area contributed by atoms with Gasteiger partial charge in [0.05, 0.1) is 5.56 Å². The minimum Gasteiger partial charge on any atom is -0.508 e. The molecule has 1 amide bonds. The Labute approximate surface area is 169 Å². The Hall–Kier alpha value is -2.82. The van der Waals surface area contributed by atoms with Crippen LogP contribution in [0.2, 0.25) is 0 Å². The maximum Gasteiger partial charge on any atom is 0.256 e. The molecule has 1 aliphatic carbocycles. The lowest BCUT2D eigenvalue weighted by atomic mass is 9.51. The molecule has 2 heterocycles. The molecule has 5 rings (SSSR count). The Morgan fingerprint density at radius 1 is 1.24 bits per heavy atom. The number of hydrogen-bond acceptors (Lipinski definition) is 2. The van der Waals surface area contributed by atoms with Crippen molar-refractivity contribution in [1.29, 1.82) is 0 Å². The fourth-order valence-corrected chi connectivity index (χ4v) is 5.59. The van der Waals surface area contributed by atoms with E-state index in [1.807, 2.05) is 11.0 Å². The zero-order chi connectivity index (χ0) is 20.6. The first-order valence-electron chi connectivity index (χ1n) is 10.1. The van der Waals surface area contributed by atoms with Crippen LogP contribution in [0, 0.1) is 11.2 Å². The van der Waals surface area contributed by atoms with E-state index in [-0.39, 0.29) is 28.6 Å². The Morgan fingerprint density at radius 2 is 2.03 bits per heavy atom. The van der Waals surface area contributed by atoms with Crippen LogP contribution >= 0.6 is 0 Å². The van der Waals surface area contributed by atoms with Crippen LogP contribution in [0.25, 0.3) is 10.9 Å². The summed E-state index contributed by atoms with van der Waals surface area (Å²) in [5, 5.41) is 11.1. The van der Waals surface area contributed by atoms with Crippen molar-refractivity contribution in [1.82, 2.24) is 9.88 Å². The van der Waals surface area contributed by atoms with Crippen LogP contribution in [0.15, 0.2) is 42.6 Å². The summed E-state index contributed by atoms with van der Waals surface area (Å²) >= 11 is 0. The van der Waals surface area contributed by atoms with Crippen molar-refractivity contribution in [3.63, 3.8) is 0 Å². The first-order chi connectivity index (χ1) is 13.7. The maximum atomic E-state index is 13.8. The summed E-state index contributed by atoms with van der Waals surface area (Å²) in [7, 11) is 0. The molecule has 2 aromatic carbocycles. The molecule has 0 unspecified atom stereocenters. The zero-order valence-electron chi connectivity index (χ0n) is 16.9. The topological polar surface area (TPSA) is 56.3 Å². The Kier molecular flexibility index (Phi) is 3.67. The number of amides is 1. The van der Waals surface area contributed by atoms with Crippen molar-refractivity contribution in [2.45, 2.75) is 45.1 Å². The van der Waals surface area contributed by atoms with Gasteiger partial charge in [-0.05, 0) is 53.6 Å². The van der Waals surface area contributed by atoms with Crippen LogP contribution in [-0.4, -0.2) is 33.5 Å². The average Bonchev–Trinajstić information content (AvgIpc) is 3.08. The maximum absolute atomic E-state index is 13.8. The van der Waals surface area contributed by atoms with Crippen LogP contribution in [0.1, 0.15) is 48.7 Å². The third kappa shape index (κ3) is 2.33. The predicted molar refractivity (Wildman–Crippen MR) is 111 cm³/mol. The molecule has 4 nitrogen and oxygen atoms in total. The number of halogens is 1. The van der Waals surface area contributed by atoms with Crippen LogP contribution in [0.3, 0.4) is 0 Å². The summed E-state index contributed by atoms with van der Waals surface area (Å²) in [6, 6.07) is 10.2. The molecule has 1 aliphatic heterocycles. The van der Waals surface area contributed by atoms with Gasteiger partial charge in [0.15, 0.2) is 0 Å². The van der Waals surface area contributed by atoms with Gasteiger partial charge in [-0.25, -0.2) is 4.39 Å². The Balaban J connectivity index is 1.61. The van der Waals surface area contributed by atoms with Gasteiger partial charge in [0.2, 0.25) is 0 Å². The number of aromatic hydroxyl groups is 1. The number of nitrogens with zero attached hydrogens (tertiary/aromatic N) is 1. The summed E-state index contributed by atoms with van der Waals surface area (Å²) < 4.78 is 13.8. The monoisotopic (exact) mass is 392 g/mol. The molecule has 0 spiro atoms. The predicted octanol–water partition coefficient (Wildman–Crippen LogP) is 4.77. The number of aromatic nitrogens is 1. The smallest absolute Gasteiger partial charge is 0.256 e. The van der Waals surface area contributed by atoms with Crippen molar-refractivity contribution in [2.75, 3.05) is 6.54 Å². The Bertz CT molecular complexity index is 1150. The minimum atomic E-state index is -0.353. The van der Waals surface area contributed by atoms with Gasteiger partial charge >= 0.3 is 0 Å². The van der Waals surface area contributed by atoms with E-state index in [4.69, 9.17) is 0 Å². The highest BCUT2D eigenvalue weighted by atomic mass is 19.1. The Morgan fingerprint density at radius 3 is 2.83 bits per heavy atom. The number of piperidine rings is 1. The van der Waals surface area contributed by atoms with Gasteiger partial charge in [-0.2, -0.15) is 0 Å². The second-order valence-electron chi connectivity index (χ2n) is 9.22. The number of aromatic amines is 1. The molecule has 5 heteroatoms. The number of hydrogen-bond donors (Lipinski definition) is 2. The van der Waals surface area contributed by atoms with E-state index in [0.717, 1.165) is 17.5 Å². The highest BCUT2D eigenvalue weighted by Gasteiger charge is 2.57. The van der Waals surface area contributed by atoms with Gasteiger partial charge in [-0.1, -0.05) is 32.9 Å². The molecule has 29 heavy (non-hydrogen) atoms. The van der Waals surface area contributed by atoms with Crippen molar-refractivity contribution in [2.24, 2.45) is 5.41 Å². The summed E-state index contributed by atoms with van der Waals surface area (Å²) in [4.78, 5) is 18.6. The average molecular weight is 392 g/mol. The molecule has 1 aromatic heterocycles. The number of carbonyl (C=O) groups is 1. The summed E-state index contributed by atoms with van der Waals surface area (Å²) in [5.74, 6) is -0.132. The molecule has 2 atom stereocenters. The highest BCUT2D eigenvalue weighted by Crippen LogP contribution is 2.57. The first-order valence-corrected chi connectivity index (χ1v) is 10.1. The van der Waals surface area contributed by atoms with E-state index < -0.39 is 0 Å². The molecular weight excluding hydrogens is 367 g/mol. The fraction of sp³-hybridized carbons (Fsp3) is 0.375. The summed E-state index contributed by atoms with van der Waals surface area (Å²) in [6.45, 7) is 7.33. The van der Waals surface area contributed by atoms with Crippen molar-refractivity contribution < 1.29 is 14.3 Å². The minimum absolute atomic E-state index is 0.0481. The van der Waals surface area contributed by atoms with Crippen LogP contribution in [-0.2, 0) is 11.8 Å². The van der Waals surface area contributed by atoms with Gasteiger partial charge < -0.3 is 15.0 Å². The zero-order valence-corrected chi connectivity index (χ0v) is 16.9. The number of benzene rings is 2. The second kappa shape index (κ2) is 5.85. The van der Waals surface area contributed by atoms with E-state index in [2.05, 4.69) is 31.8 Å². The van der Waals surface area contributed by atoms with E-state index in [0.29, 0.717) is 29.7 Å². The fourth-order valence-electron chi connectivity index (χ4n) is 5.59. The molecule has 2 aliphatic rings. The van der Waals surface area contributed by atoms with Crippen LogP contribution in [0.5, 0.6) is 5.75 Å². The van der Waals surface area contributed by atoms with Crippen molar-refractivity contribution in [3.8, 4) is 5.75 Å². The quantitative estimate of drug-likeness (QED) is 0.627. The molecular formula is C24H25FN2O2. The first kappa shape index (κ1) is 18.2.